The summed E-state index contributed by atoms with van der Waals surface area (Å²) in [5.74, 6) is -2.80. The summed E-state index contributed by atoms with van der Waals surface area (Å²) in [4.78, 5) is 52.5. The van der Waals surface area contributed by atoms with Gasteiger partial charge in [0.15, 0.2) is 11.6 Å². The first-order valence-corrected chi connectivity index (χ1v) is 12.5. The maximum atomic E-state index is 12.5. The van der Waals surface area contributed by atoms with E-state index in [4.69, 9.17) is 9.47 Å². The Morgan fingerprint density at radius 1 is 0.684 bits per heavy atom. The van der Waals surface area contributed by atoms with Gasteiger partial charge in [0.2, 0.25) is 0 Å². The monoisotopic (exact) mass is 526 g/mol. The Morgan fingerprint density at radius 2 is 1.00 bits per heavy atom. The summed E-state index contributed by atoms with van der Waals surface area (Å²) in [6.45, 7) is 9.62. The zero-order valence-electron chi connectivity index (χ0n) is 22.1. The van der Waals surface area contributed by atoms with Gasteiger partial charge in [-0.05, 0) is 52.0 Å². The highest BCUT2D eigenvalue weighted by Gasteiger charge is 2.27. The van der Waals surface area contributed by atoms with E-state index in [2.05, 4.69) is 9.80 Å². The van der Waals surface area contributed by atoms with E-state index in [0.29, 0.717) is 26.2 Å². The zero-order chi connectivity index (χ0) is 28.0. The third kappa shape index (κ3) is 6.76. The first-order chi connectivity index (χ1) is 18.0. The van der Waals surface area contributed by atoms with Crippen molar-refractivity contribution in [2.75, 3.05) is 39.4 Å². The fourth-order valence-corrected chi connectivity index (χ4v) is 4.36. The van der Waals surface area contributed by atoms with Gasteiger partial charge in [-0.3, -0.25) is 19.4 Å². The first-order valence-electron chi connectivity index (χ1n) is 12.5. The Balaban J connectivity index is 1.45. The number of aromatic hydroxyl groups is 2. The topological polar surface area (TPSA) is 134 Å². The Labute approximate surface area is 221 Å². The van der Waals surface area contributed by atoms with Crippen LogP contribution in [0.2, 0.25) is 0 Å². The number of nitrogens with zero attached hydrogens (tertiary/aromatic N) is 2. The molecule has 2 N–H and O–H groups in total. The molecular formula is C28H34N2O8. The van der Waals surface area contributed by atoms with Crippen molar-refractivity contribution in [2.24, 2.45) is 0 Å². The molecule has 2 atom stereocenters. The van der Waals surface area contributed by atoms with E-state index in [9.17, 15) is 29.4 Å². The Hall–Kier alpha value is -3.76. The molecule has 0 aromatic heterocycles. The first kappa shape index (κ1) is 28.8. The third-order valence-corrected chi connectivity index (χ3v) is 6.78. The van der Waals surface area contributed by atoms with Crippen molar-refractivity contribution in [1.82, 2.24) is 9.80 Å². The second-order valence-electron chi connectivity index (χ2n) is 9.48. The molecule has 0 amide bonds. The Kier molecular flexibility index (Phi) is 9.60. The highest BCUT2D eigenvalue weighted by atomic mass is 16.5. The lowest BCUT2D eigenvalue weighted by Crippen LogP contribution is -2.53. The normalized spacial score (nSPS) is 15.9. The Morgan fingerprint density at radius 3 is 1.32 bits per heavy atom. The summed E-state index contributed by atoms with van der Waals surface area (Å²) in [5.41, 5.74) is 0.0634. The molecule has 0 spiro atoms. The van der Waals surface area contributed by atoms with E-state index < -0.39 is 11.9 Å². The molecule has 2 aromatic rings. The lowest BCUT2D eigenvalue weighted by atomic mass is 10.1. The Bertz CT molecular complexity index is 1110. The van der Waals surface area contributed by atoms with Crippen LogP contribution in [0.3, 0.4) is 0 Å². The minimum Gasteiger partial charge on any atom is -0.506 e. The molecule has 38 heavy (non-hydrogen) atoms. The van der Waals surface area contributed by atoms with Gasteiger partial charge in [0.1, 0.15) is 35.8 Å². The predicted molar refractivity (Wildman–Crippen MR) is 139 cm³/mol. The molecule has 0 saturated carbocycles. The average Bonchev–Trinajstić information content (AvgIpc) is 2.89. The number of phenols is 2. The van der Waals surface area contributed by atoms with E-state index in [1.165, 1.54) is 50.2 Å². The molecule has 1 heterocycles. The van der Waals surface area contributed by atoms with Gasteiger partial charge < -0.3 is 19.7 Å². The molecule has 10 nitrogen and oxygen atoms in total. The van der Waals surface area contributed by atoms with E-state index >= 15 is 0 Å². The molecule has 1 aliphatic heterocycles. The number of carbonyl (C=O) groups is 4. The van der Waals surface area contributed by atoms with Crippen LogP contribution in [0.4, 0.5) is 0 Å². The quantitative estimate of drug-likeness (QED) is 0.352. The van der Waals surface area contributed by atoms with Crippen LogP contribution < -0.4 is 0 Å². The maximum Gasteiger partial charge on any atom is 0.341 e. The number of Topliss-reactive ketones (excluding diaryl/α,β-unsaturated/α-hetero) is 2. The number of para-hydroxylation sites is 2. The van der Waals surface area contributed by atoms with Gasteiger partial charge in [0, 0.05) is 38.3 Å². The fraction of sp³-hybridized carbons (Fsp3) is 0.429. The minimum atomic E-state index is -0.689. The second kappa shape index (κ2) is 12.7. The summed E-state index contributed by atoms with van der Waals surface area (Å²) in [6, 6.07) is 8.67. The molecule has 1 aliphatic rings. The van der Waals surface area contributed by atoms with E-state index in [1.807, 2.05) is 13.8 Å². The zero-order valence-corrected chi connectivity index (χ0v) is 22.1. The van der Waals surface area contributed by atoms with E-state index in [1.54, 1.807) is 0 Å². The molecule has 3 rings (SSSR count). The highest BCUT2D eigenvalue weighted by Crippen LogP contribution is 2.25. The molecule has 0 bridgehead atoms. The van der Waals surface area contributed by atoms with Crippen LogP contribution in [0.1, 0.15) is 69.1 Å². The number of hydrogen-bond donors (Lipinski definition) is 2. The number of hydrogen-bond acceptors (Lipinski definition) is 10. The van der Waals surface area contributed by atoms with Gasteiger partial charge >= 0.3 is 11.9 Å². The smallest absolute Gasteiger partial charge is 0.341 e. The second-order valence-corrected chi connectivity index (χ2v) is 9.48. The molecule has 1 fully saturated rings. The number of benzene rings is 2. The van der Waals surface area contributed by atoms with Crippen LogP contribution in [0.5, 0.6) is 11.5 Å². The van der Waals surface area contributed by atoms with Crippen molar-refractivity contribution in [3.63, 3.8) is 0 Å². The van der Waals surface area contributed by atoms with Crippen LogP contribution >= 0.6 is 0 Å². The van der Waals surface area contributed by atoms with Crippen molar-refractivity contribution in [2.45, 2.75) is 39.8 Å². The minimum absolute atomic E-state index is 0.0422. The van der Waals surface area contributed by atoms with Crippen molar-refractivity contribution < 1.29 is 38.9 Å². The number of esters is 2. The van der Waals surface area contributed by atoms with Crippen LogP contribution in [0.25, 0.3) is 0 Å². The number of ketones is 2. The van der Waals surface area contributed by atoms with Gasteiger partial charge in [-0.2, -0.15) is 0 Å². The average molecular weight is 527 g/mol. The molecule has 2 aromatic carbocycles. The maximum absolute atomic E-state index is 12.5. The molecule has 1 saturated heterocycles. The van der Waals surface area contributed by atoms with Crippen molar-refractivity contribution in [3.8, 4) is 11.5 Å². The molecule has 204 valence electrons. The standard InChI is InChI=1S/C28H34N2O8/c1-17(15-37-27(35)23-9-5-7-21(19(3)31)25(23)33)29-11-13-30(14-12-29)18(2)16-38-28(36)24-10-6-8-22(20(4)32)26(24)34/h5-10,17-18,33-34H,11-16H2,1-4H3. The van der Waals surface area contributed by atoms with Gasteiger partial charge in [0.25, 0.3) is 0 Å². The summed E-state index contributed by atoms with van der Waals surface area (Å²) in [5, 5.41) is 20.4. The fourth-order valence-electron chi connectivity index (χ4n) is 4.36. The highest BCUT2D eigenvalue weighted by molar-refractivity contribution is 6.02. The van der Waals surface area contributed by atoms with E-state index in [0.717, 1.165) is 0 Å². The van der Waals surface area contributed by atoms with Crippen LogP contribution in [-0.2, 0) is 9.47 Å². The summed E-state index contributed by atoms with van der Waals surface area (Å²) in [7, 11) is 0. The number of ether oxygens (including phenoxy) is 2. The van der Waals surface area contributed by atoms with Gasteiger partial charge in [-0.25, -0.2) is 9.59 Å². The van der Waals surface area contributed by atoms with Crippen LogP contribution in [0, 0.1) is 0 Å². The summed E-state index contributed by atoms with van der Waals surface area (Å²) >= 11 is 0. The largest absolute Gasteiger partial charge is 0.506 e. The molecule has 10 heteroatoms. The number of carbonyl (C=O) groups excluding carboxylic acids is 4. The van der Waals surface area contributed by atoms with Crippen molar-refractivity contribution >= 4 is 23.5 Å². The molecule has 0 aliphatic carbocycles. The lowest BCUT2D eigenvalue weighted by molar-refractivity contribution is 0.0111. The summed E-state index contributed by atoms with van der Waals surface area (Å²) in [6.07, 6.45) is 0. The molecule has 2 unspecified atom stereocenters. The van der Waals surface area contributed by atoms with Crippen molar-refractivity contribution in [1.29, 1.82) is 0 Å². The third-order valence-electron chi connectivity index (χ3n) is 6.78. The predicted octanol–water partition coefficient (Wildman–Crippen LogP) is 2.91. The number of piperazine rings is 1. The van der Waals surface area contributed by atoms with E-state index in [-0.39, 0.29) is 70.6 Å². The molecule has 0 radical (unpaired) electrons. The van der Waals surface area contributed by atoms with Crippen LogP contribution in [-0.4, -0.2) is 95.0 Å². The number of phenolic OH excluding ortho intramolecular Hbond substituents is 2. The van der Waals surface area contributed by atoms with Gasteiger partial charge in [0.05, 0.1) is 11.1 Å². The van der Waals surface area contributed by atoms with Gasteiger partial charge in [-0.1, -0.05) is 12.1 Å². The van der Waals surface area contributed by atoms with Crippen LogP contribution in [0.15, 0.2) is 36.4 Å². The van der Waals surface area contributed by atoms with Gasteiger partial charge in [-0.15, -0.1) is 0 Å². The lowest BCUT2D eigenvalue weighted by Gasteiger charge is -2.40. The molecular weight excluding hydrogens is 492 g/mol. The number of rotatable bonds is 10. The SMILES string of the molecule is CC(=O)c1cccc(C(=O)OCC(C)N2CCN(C(C)COC(=O)c3cccc(C(C)=O)c3O)CC2)c1O. The van der Waals surface area contributed by atoms with Crippen molar-refractivity contribution in [3.05, 3.63) is 58.7 Å². The summed E-state index contributed by atoms with van der Waals surface area (Å²) < 4.78 is 10.8.